The highest BCUT2D eigenvalue weighted by Crippen LogP contribution is 2.27. The molecule has 0 aliphatic rings. The van der Waals surface area contributed by atoms with E-state index in [0.29, 0.717) is 6.61 Å². The van der Waals surface area contributed by atoms with E-state index in [1.807, 2.05) is 56.3 Å². The van der Waals surface area contributed by atoms with Gasteiger partial charge in [0.2, 0.25) is 0 Å². The maximum absolute atomic E-state index is 9.35. The third-order valence-electron chi connectivity index (χ3n) is 3.15. The molecule has 2 rings (SSSR count). The molecule has 0 saturated heterocycles. The van der Waals surface area contributed by atoms with Crippen LogP contribution in [0.3, 0.4) is 0 Å². The Hall–Kier alpha value is -1.80. The molecule has 0 saturated carbocycles. The lowest BCUT2D eigenvalue weighted by Gasteiger charge is -2.14. The summed E-state index contributed by atoms with van der Waals surface area (Å²) in [4.78, 5) is 0. The molecule has 2 heteroatoms. The van der Waals surface area contributed by atoms with Crippen molar-refractivity contribution in [3.8, 4) is 5.75 Å². The van der Waals surface area contributed by atoms with E-state index < -0.39 is 0 Å². The third kappa shape index (κ3) is 2.71. The number of aryl methyl sites for hydroxylation is 1. The molecule has 0 heterocycles. The largest absolute Gasteiger partial charge is 0.488 e. The van der Waals surface area contributed by atoms with E-state index in [0.717, 1.165) is 22.4 Å². The van der Waals surface area contributed by atoms with E-state index in [1.54, 1.807) is 0 Å². The molecule has 18 heavy (non-hydrogen) atoms. The molecule has 1 N–H and O–H groups in total. The Morgan fingerprint density at radius 1 is 1.00 bits per heavy atom. The van der Waals surface area contributed by atoms with Crippen LogP contribution >= 0.6 is 0 Å². The normalized spacial score (nSPS) is 10.4. The molecule has 94 valence electrons. The van der Waals surface area contributed by atoms with Crippen LogP contribution in [0, 0.1) is 13.8 Å². The van der Waals surface area contributed by atoms with Gasteiger partial charge in [-0.2, -0.15) is 0 Å². The monoisotopic (exact) mass is 242 g/mol. The lowest BCUT2D eigenvalue weighted by Crippen LogP contribution is -2.01. The second-order valence-electron chi connectivity index (χ2n) is 4.43. The molecule has 0 amide bonds. The van der Waals surface area contributed by atoms with Gasteiger partial charge >= 0.3 is 0 Å². The Morgan fingerprint density at radius 3 is 2.39 bits per heavy atom. The Balaban J connectivity index is 2.21. The van der Waals surface area contributed by atoms with Gasteiger partial charge in [-0.05, 0) is 30.5 Å². The zero-order valence-corrected chi connectivity index (χ0v) is 10.8. The number of aliphatic hydroxyl groups excluding tert-OH is 1. The molecule has 2 nitrogen and oxygen atoms in total. The molecule has 0 aliphatic carbocycles. The van der Waals surface area contributed by atoms with Gasteiger partial charge in [-0.3, -0.25) is 0 Å². The van der Waals surface area contributed by atoms with E-state index in [-0.39, 0.29) is 6.61 Å². The van der Waals surface area contributed by atoms with Gasteiger partial charge in [0.25, 0.3) is 0 Å². The van der Waals surface area contributed by atoms with Gasteiger partial charge in [-0.1, -0.05) is 42.5 Å². The first kappa shape index (κ1) is 12.7. The number of aliphatic hydroxyl groups is 1. The Morgan fingerprint density at radius 2 is 1.72 bits per heavy atom. The van der Waals surface area contributed by atoms with Gasteiger partial charge in [-0.25, -0.2) is 0 Å². The molecule has 0 fully saturated rings. The smallest absolute Gasteiger partial charge is 0.128 e. The molecule has 0 spiro atoms. The van der Waals surface area contributed by atoms with Crippen molar-refractivity contribution in [2.24, 2.45) is 0 Å². The van der Waals surface area contributed by atoms with Crippen molar-refractivity contribution < 1.29 is 9.84 Å². The van der Waals surface area contributed by atoms with Crippen LogP contribution in [-0.4, -0.2) is 5.11 Å². The first-order valence-electron chi connectivity index (χ1n) is 6.09. The Kier molecular flexibility index (Phi) is 4.00. The number of hydrogen-bond acceptors (Lipinski definition) is 2. The maximum Gasteiger partial charge on any atom is 0.128 e. The van der Waals surface area contributed by atoms with Crippen LogP contribution in [-0.2, 0) is 13.2 Å². The van der Waals surface area contributed by atoms with Gasteiger partial charge in [-0.15, -0.1) is 0 Å². The van der Waals surface area contributed by atoms with Crippen molar-refractivity contribution in [1.82, 2.24) is 0 Å². The molecule has 0 unspecified atom stereocenters. The summed E-state index contributed by atoms with van der Waals surface area (Å²) in [7, 11) is 0. The topological polar surface area (TPSA) is 29.5 Å². The van der Waals surface area contributed by atoms with Crippen LogP contribution in [0.15, 0.2) is 42.5 Å². The molecule has 0 aromatic heterocycles. The first-order chi connectivity index (χ1) is 8.72. The third-order valence-corrected chi connectivity index (χ3v) is 3.15. The Bertz CT molecular complexity index is 518. The number of benzene rings is 2. The second kappa shape index (κ2) is 5.69. The quantitative estimate of drug-likeness (QED) is 0.890. The van der Waals surface area contributed by atoms with Crippen molar-refractivity contribution in [2.45, 2.75) is 27.1 Å². The molecule has 0 radical (unpaired) electrons. The molecular weight excluding hydrogens is 224 g/mol. The minimum Gasteiger partial charge on any atom is -0.488 e. The van der Waals surface area contributed by atoms with Crippen molar-refractivity contribution in [3.05, 3.63) is 64.7 Å². The highest BCUT2D eigenvalue weighted by atomic mass is 16.5. The van der Waals surface area contributed by atoms with Gasteiger partial charge in [0.05, 0.1) is 6.61 Å². The van der Waals surface area contributed by atoms with Crippen molar-refractivity contribution in [1.29, 1.82) is 0 Å². The molecule has 0 aliphatic heterocycles. The van der Waals surface area contributed by atoms with Gasteiger partial charge < -0.3 is 9.84 Å². The summed E-state index contributed by atoms with van der Waals surface area (Å²) in [5, 5.41) is 9.35. The van der Waals surface area contributed by atoms with Crippen LogP contribution in [0.25, 0.3) is 0 Å². The van der Waals surface area contributed by atoms with Gasteiger partial charge in [0, 0.05) is 5.56 Å². The summed E-state index contributed by atoms with van der Waals surface area (Å²) in [6.07, 6.45) is 0. The lowest BCUT2D eigenvalue weighted by molar-refractivity contribution is 0.258. The van der Waals surface area contributed by atoms with E-state index in [9.17, 15) is 5.11 Å². The van der Waals surface area contributed by atoms with E-state index in [2.05, 4.69) is 0 Å². The fourth-order valence-corrected chi connectivity index (χ4v) is 1.90. The van der Waals surface area contributed by atoms with E-state index in [4.69, 9.17) is 4.74 Å². The summed E-state index contributed by atoms with van der Waals surface area (Å²) in [5.74, 6) is 0.807. The second-order valence-corrected chi connectivity index (χ2v) is 4.43. The summed E-state index contributed by atoms with van der Waals surface area (Å²) in [6.45, 7) is 4.60. The van der Waals surface area contributed by atoms with Gasteiger partial charge in [0.1, 0.15) is 12.4 Å². The maximum atomic E-state index is 9.35. The summed E-state index contributed by atoms with van der Waals surface area (Å²) in [5.41, 5.74) is 4.24. The zero-order valence-electron chi connectivity index (χ0n) is 10.8. The summed E-state index contributed by atoms with van der Waals surface area (Å²) in [6, 6.07) is 14.0. The highest BCUT2D eigenvalue weighted by Gasteiger charge is 2.08. The number of hydrogen-bond donors (Lipinski definition) is 1. The summed E-state index contributed by atoms with van der Waals surface area (Å²) >= 11 is 0. The predicted molar refractivity (Wildman–Crippen MR) is 72.6 cm³/mol. The van der Waals surface area contributed by atoms with Crippen LogP contribution < -0.4 is 4.74 Å². The molecule has 0 bridgehead atoms. The average molecular weight is 242 g/mol. The molecule has 2 aromatic rings. The predicted octanol–water partition coefficient (Wildman–Crippen LogP) is 3.37. The highest BCUT2D eigenvalue weighted by molar-refractivity contribution is 5.45. The average Bonchev–Trinajstić information content (AvgIpc) is 2.41. The standard InChI is InChI=1S/C16H18O2/c1-12-8-9-15(10-17)16(13(12)2)18-11-14-6-4-3-5-7-14/h3-9,17H,10-11H2,1-2H3. The lowest BCUT2D eigenvalue weighted by atomic mass is 10.0. The Labute approximate surface area is 108 Å². The molecule has 0 atom stereocenters. The zero-order chi connectivity index (χ0) is 13.0. The molecular formula is C16H18O2. The summed E-state index contributed by atoms with van der Waals surface area (Å²) < 4.78 is 5.87. The number of ether oxygens (including phenoxy) is 1. The SMILES string of the molecule is Cc1ccc(CO)c(OCc2ccccc2)c1C. The fraction of sp³-hybridized carbons (Fsp3) is 0.250. The van der Waals surface area contributed by atoms with Crippen molar-refractivity contribution in [3.63, 3.8) is 0 Å². The van der Waals surface area contributed by atoms with Crippen LogP contribution in [0.4, 0.5) is 0 Å². The van der Waals surface area contributed by atoms with E-state index in [1.165, 1.54) is 5.56 Å². The van der Waals surface area contributed by atoms with Crippen LogP contribution in [0.5, 0.6) is 5.75 Å². The van der Waals surface area contributed by atoms with Gasteiger partial charge in [0.15, 0.2) is 0 Å². The van der Waals surface area contributed by atoms with Crippen molar-refractivity contribution in [2.75, 3.05) is 0 Å². The minimum atomic E-state index is 0.00520. The van der Waals surface area contributed by atoms with Crippen LogP contribution in [0.1, 0.15) is 22.3 Å². The van der Waals surface area contributed by atoms with Crippen molar-refractivity contribution >= 4 is 0 Å². The first-order valence-corrected chi connectivity index (χ1v) is 6.09. The minimum absolute atomic E-state index is 0.00520. The van der Waals surface area contributed by atoms with Crippen LogP contribution in [0.2, 0.25) is 0 Å². The molecule has 2 aromatic carbocycles. The fourth-order valence-electron chi connectivity index (χ4n) is 1.90. The number of rotatable bonds is 4. The van der Waals surface area contributed by atoms with E-state index >= 15 is 0 Å².